The molecule has 42 heavy (non-hydrogen) atoms. The van der Waals surface area contributed by atoms with Gasteiger partial charge in [-0.25, -0.2) is 4.98 Å². The van der Waals surface area contributed by atoms with Crippen LogP contribution < -0.4 is 0 Å². The van der Waals surface area contributed by atoms with Crippen LogP contribution in [-0.2, 0) is 20.4 Å². The maximum absolute atomic E-state index is 6.46. The Balaban J connectivity index is 1.11. The molecule has 1 aliphatic carbocycles. The summed E-state index contributed by atoms with van der Waals surface area (Å²) in [7, 11) is -1.71. The van der Waals surface area contributed by atoms with Gasteiger partial charge in [0.2, 0.25) is 0 Å². The van der Waals surface area contributed by atoms with E-state index in [0.717, 1.165) is 55.8 Å². The molecule has 1 unspecified atom stereocenters. The van der Waals surface area contributed by atoms with Crippen molar-refractivity contribution in [1.29, 1.82) is 0 Å². The highest BCUT2D eigenvalue weighted by Gasteiger charge is 2.42. The molecule has 4 heterocycles. The van der Waals surface area contributed by atoms with Gasteiger partial charge in [-0.1, -0.05) is 37.8 Å². The first-order chi connectivity index (χ1) is 20.1. The Labute approximate surface area is 250 Å². The lowest BCUT2D eigenvalue weighted by Crippen LogP contribution is -2.47. The first-order valence-electron chi connectivity index (χ1n) is 15.0. The second-order valence-corrected chi connectivity index (χ2v) is 17.5. The molecule has 1 aliphatic heterocycles. The molecule has 2 fully saturated rings. The van der Waals surface area contributed by atoms with Gasteiger partial charge in [0, 0.05) is 48.8 Å². The van der Waals surface area contributed by atoms with Gasteiger partial charge >= 0.3 is 0 Å². The standard InChI is InChI=1S/C33H42N4O4Si/c1-24(39-31-13-9-10-18-38-31)32-34-16-17-37(32)23-27-21-30(40-36-27)29-15-14-25(22-35-29)11-7-8-12-26-19-28(20-26)41-42(5,6)33(2,3)4/h14-17,21-22,24,26,28,31H,9-10,13,18-20,23H2,1-6H3/t24-,26?,28?,31?/m0/s1. The molecule has 3 aromatic heterocycles. The molecule has 1 saturated heterocycles. The van der Waals surface area contributed by atoms with Crippen LogP contribution >= 0.6 is 0 Å². The van der Waals surface area contributed by atoms with E-state index < -0.39 is 8.32 Å². The third-order valence-corrected chi connectivity index (χ3v) is 13.0. The van der Waals surface area contributed by atoms with Gasteiger partial charge in [0.15, 0.2) is 20.4 Å². The summed E-state index contributed by atoms with van der Waals surface area (Å²) in [5.74, 6) is 14.2. The molecule has 2 aliphatic rings. The van der Waals surface area contributed by atoms with Gasteiger partial charge in [0.25, 0.3) is 0 Å². The molecule has 2 atom stereocenters. The zero-order valence-electron chi connectivity index (χ0n) is 25.6. The number of rotatable bonds is 8. The molecule has 222 valence electrons. The summed E-state index contributed by atoms with van der Waals surface area (Å²) in [5.41, 5.74) is 2.28. The number of ether oxygens (including phenoxy) is 2. The molecule has 0 N–H and O–H groups in total. The van der Waals surface area contributed by atoms with Crippen molar-refractivity contribution in [2.24, 2.45) is 5.92 Å². The van der Waals surface area contributed by atoms with E-state index in [0.29, 0.717) is 30.0 Å². The van der Waals surface area contributed by atoms with Crippen molar-refractivity contribution in [3.05, 3.63) is 53.9 Å². The molecule has 3 aromatic rings. The van der Waals surface area contributed by atoms with Gasteiger partial charge in [0.1, 0.15) is 23.3 Å². The monoisotopic (exact) mass is 586 g/mol. The largest absolute Gasteiger partial charge is 0.414 e. The Bertz CT molecular complexity index is 1450. The van der Waals surface area contributed by atoms with Crippen LogP contribution in [0, 0.1) is 29.6 Å². The van der Waals surface area contributed by atoms with E-state index in [-0.39, 0.29) is 17.4 Å². The zero-order valence-corrected chi connectivity index (χ0v) is 26.6. The normalized spacial score (nSPS) is 21.4. The number of pyridine rings is 1. The number of hydrogen-bond donors (Lipinski definition) is 0. The van der Waals surface area contributed by atoms with Crippen LogP contribution in [0.5, 0.6) is 0 Å². The van der Waals surface area contributed by atoms with Crippen molar-refractivity contribution in [2.45, 2.75) is 103 Å². The van der Waals surface area contributed by atoms with Crippen LogP contribution in [0.15, 0.2) is 41.3 Å². The SMILES string of the molecule is C[C@H](OC1CCCCO1)c1nccn1Cc1cc(-c2ccc(C#CC#CC3CC(O[Si](C)(C)C(C)(C)C)C3)cn2)on1. The van der Waals surface area contributed by atoms with E-state index in [1.54, 1.807) is 12.4 Å². The fourth-order valence-electron chi connectivity index (χ4n) is 4.83. The van der Waals surface area contributed by atoms with E-state index in [1.165, 1.54) is 0 Å². The Morgan fingerprint density at radius 3 is 2.69 bits per heavy atom. The van der Waals surface area contributed by atoms with E-state index in [2.05, 4.69) is 72.7 Å². The van der Waals surface area contributed by atoms with E-state index in [1.807, 2.05) is 35.9 Å². The fraction of sp³-hybridized carbons (Fsp3) is 0.545. The molecule has 1 saturated carbocycles. The molecule has 5 rings (SSSR count). The summed E-state index contributed by atoms with van der Waals surface area (Å²) in [5, 5.41) is 4.49. The lowest BCUT2D eigenvalue weighted by Gasteiger charge is -2.43. The maximum Gasteiger partial charge on any atom is 0.192 e. The minimum absolute atomic E-state index is 0.175. The summed E-state index contributed by atoms with van der Waals surface area (Å²) in [6.07, 6.45) is 10.5. The van der Waals surface area contributed by atoms with Crippen molar-refractivity contribution in [3.8, 4) is 35.1 Å². The third-order valence-electron chi connectivity index (χ3n) is 8.42. The van der Waals surface area contributed by atoms with Gasteiger partial charge in [-0.05, 0) is 81.1 Å². The molecule has 9 heteroatoms. The highest BCUT2D eigenvalue weighted by Crippen LogP contribution is 2.41. The highest BCUT2D eigenvalue weighted by atomic mass is 28.4. The van der Waals surface area contributed by atoms with Crippen molar-refractivity contribution in [1.82, 2.24) is 19.7 Å². The lowest BCUT2D eigenvalue weighted by atomic mass is 9.83. The van der Waals surface area contributed by atoms with E-state index in [9.17, 15) is 0 Å². The van der Waals surface area contributed by atoms with Crippen LogP contribution in [0.4, 0.5) is 0 Å². The Morgan fingerprint density at radius 1 is 1.14 bits per heavy atom. The summed E-state index contributed by atoms with van der Waals surface area (Å²) in [4.78, 5) is 9.03. The van der Waals surface area contributed by atoms with Gasteiger partial charge < -0.3 is 23.0 Å². The first kappa shape index (κ1) is 30.3. The maximum atomic E-state index is 6.46. The molecule has 8 nitrogen and oxygen atoms in total. The fourth-order valence-corrected chi connectivity index (χ4v) is 6.21. The molecular weight excluding hydrogens is 544 g/mol. The average Bonchev–Trinajstić information content (AvgIpc) is 3.60. The zero-order chi connectivity index (χ0) is 29.7. The lowest BCUT2D eigenvalue weighted by molar-refractivity contribution is -0.188. The van der Waals surface area contributed by atoms with E-state index >= 15 is 0 Å². The van der Waals surface area contributed by atoms with Crippen LogP contribution in [0.2, 0.25) is 18.1 Å². The van der Waals surface area contributed by atoms with Gasteiger partial charge in [-0.3, -0.25) is 4.98 Å². The average molecular weight is 587 g/mol. The minimum atomic E-state index is -1.71. The second-order valence-electron chi connectivity index (χ2n) is 12.8. The summed E-state index contributed by atoms with van der Waals surface area (Å²) >= 11 is 0. The van der Waals surface area contributed by atoms with Crippen molar-refractivity contribution < 1.29 is 18.4 Å². The first-order valence-corrected chi connectivity index (χ1v) is 17.9. The highest BCUT2D eigenvalue weighted by molar-refractivity contribution is 6.74. The molecule has 0 bridgehead atoms. The molecule has 0 spiro atoms. The third kappa shape index (κ3) is 7.59. The van der Waals surface area contributed by atoms with Crippen LogP contribution in [0.3, 0.4) is 0 Å². The van der Waals surface area contributed by atoms with Gasteiger partial charge in [0.05, 0.1) is 6.54 Å². The predicted molar refractivity (Wildman–Crippen MR) is 164 cm³/mol. The van der Waals surface area contributed by atoms with Crippen LogP contribution in [0.25, 0.3) is 11.5 Å². The number of hydrogen-bond acceptors (Lipinski definition) is 7. The predicted octanol–water partition coefficient (Wildman–Crippen LogP) is 6.74. The minimum Gasteiger partial charge on any atom is -0.414 e. The number of imidazole rings is 1. The summed E-state index contributed by atoms with van der Waals surface area (Å²) in [6, 6.07) is 5.71. The van der Waals surface area contributed by atoms with E-state index in [4.69, 9.17) is 18.4 Å². The second kappa shape index (κ2) is 13.0. The molecular formula is C33H42N4O4Si. The van der Waals surface area contributed by atoms with Crippen LogP contribution in [-0.4, -0.2) is 47.0 Å². The number of nitrogens with zero attached hydrogens (tertiary/aromatic N) is 4. The Hall–Kier alpha value is -3.21. The molecule has 0 amide bonds. The van der Waals surface area contributed by atoms with Crippen molar-refractivity contribution in [3.63, 3.8) is 0 Å². The Morgan fingerprint density at radius 2 is 1.98 bits per heavy atom. The van der Waals surface area contributed by atoms with Gasteiger partial charge in [-0.2, -0.15) is 0 Å². The van der Waals surface area contributed by atoms with Crippen molar-refractivity contribution in [2.75, 3.05) is 6.61 Å². The quantitative estimate of drug-likeness (QED) is 0.213. The van der Waals surface area contributed by atoms with Crippen molar-refractivity contribution >= 4 is 8.32 Å². The molecule has 0 aromatic carbocycles. The number of aromatic nitrogens is 4. The topological polar surface area (TPSA) is 84.4 Å². The Kier molecular flexibility index (Phi) is 9.34. The van der Waals surface area contributed by atoms with Gasteiger partial charge in [-0.15, -0.1) is 0 Å². The summed E-state index contributed by atoms with van der Waals surface area (Å²) < 4.78 is 25.9. The smallest absolute Gasteiger partial charge is 0.192 e. The van der Waals surface area contributed by atoms with Crippen LogP contribution in [0.1, 0.15) is 83.0 Å². The summed E-state index contributed by atoms with van der Waals surface area (Å²) in [6.45, 7) is 14.7. The molecule has 0 radical (unpaired) electrons.